The van der Waals surface area contributed by atoms with Crippen LogP contribution in [-0.2, 0) is 4.74 Å². The van der Waals surface area contributed by atoms with Gasteiger partial charge in [0.2, 0.25) is 0 Å². The van der Waals surface area contributed by atoms with Crippen molar-refractivity contribution >= 4 is 0 Å². The van der Waals surface area contributed by atoms with E-state index in [-0.39, 0.29) is 0 Å². The Kier molecular flexibility index (Phi) is 5.87. The van der Waals surface area contributed by atoms with Crippen molar-refractivity contribution in [2.45, 2.75) is 44.6 Å². The summed E-state index contributed by atoms with van der Waals surface area (Å²) in [6.45, 7) is 1.50. The molecule has 0 aromatic rings. The van der Waals surface area contributed by atoms with Crippen molar-refractivity contribution in [1.82, 2.24) is 0 Å². The molecule has 0 saturated heterocycles. The molecule has 2 nitrogen and oxygen atoms in total. The molecule has 0 atom stereocenters. The van der Waals surface area contributed by atoms with E-state index in [1.807, 2.05) is 6.08 Å². The Morgan fingerprint density at radius 2 is 1.92 bits per heavy atom. The first kappa shape index (κ1) is 10.7. The van der Waals surface area contributed by atoms with Crippen molar-refractivity contribution in [3.8, 4) is 0 Å². The summed E-state index contributed by atoms with van der Waals surface area (Å²) in [5.41, 5.74) is 5.33. The molecule has 1 aliphatic carbocycles. The van der Waals surface area contributed by atoms with Crippen LogP contribution < -0.4 is 5.73 Å². The second kappa shape index (κ2) is 7.10. The number of hydrogen-bond donors (Lipinski definition) is 1. The minimum atomic E-state index is 0.542. The number of nitrogens with two attached hydrogens (primary N) is 1. The largest absolute Gasteiger partial charge is 0.378 e. The van der Waals surface area contributed by atoms with Crippen molar-refractivity contribution in [2.75, 3.05) is 13.2 Å². The van der Waals surface area contributed by atoms with Crippen LogP contribution in [0, 0.1) is 0 Å². The first-order chi connectivity index (χ1) is 6.43. The minimum Gasteiger partial charge on any atom is -0.378 e. The van der Waals surface area contributed by atoms with Crippen LogP contribution in [0.3, 0.4) is 0 Å². The van der Waals surface area contributed by atoms with Crippen LogP contribution in [0.1, 0.15) is 38.5 Å². The Labute approximate surface area is 81.1 Å². The van der Waals surface area contributed by atoms with Gasteiger partial charge in [-0.25, -0.2) is 0 Å². The van der Waals surface area contributed by atoms with Crippen molar-refractivity contribution in [3.63, 3.8) is 0 Å². The minimum absolute atomic E-state index is 0.542. The van der Waals surface area contributed by atoms with E-state index in [2.05, 4.69) is 6.08 Å². The van der Waals surface area contributed by atoms with E-state index in [0.717, 1.165) is 13.0 Å². The maximum Gasteiger partial charge on any atom is 0.0575 e. The first-order valence-corrected chi connectivity index (χ1v) is 5.40. The number of hydrogen-bond acceptors (Lipinski definition) is 2. The third-order valence-electron chi connectivity index (χ3n) is 2.49. The van der Waals surface area contributed by atoms with Crippen molar-refractivity contribution in [2.24, 2.45) is 5.73 Å². The van der Waals surface area contributed by atoms with Gasteiger partial charge in [-0.1, -0.05) is 31.4 Å². The molecule has 0 aromatic carbocycles. The lowest BCUT2D eigenvalue weighted by Crippen LogP contribution is -2.16. The van der Waals surface area contributed by atoms with Crippen molar-refractivity contribution in [1.29, 1.82) is 0 Å². The third kappa shape index (κ3) is 5.06. The van der Waals surface area contributed by atoms with Crippen LogP contribution in [-0.4, -0.2) is 19.3 Å². The molecule has 0 spiro atoms. The van der Waals surface area contributed by atoms with Crippen molar-refractivity contribution < 1.29 is 4.74 Å². The quantitative estimate of drug-likeness (QED) is 0.524. The Hall–Kier alpha value is -0.340. The zero-order valence-corrected chi connectivity index (χ0v) is 8.37. The van der Waals surface area contributed by atoms with E-state index in [0.29, 0.717) is 12.6 Å². The Morgan fingerprint density at radius 1 is 1.15 bits per heavy atom. The first-order valence-electron chi connectivity index (χ1n) is 5.40. The predicted molar refractivity (Wildman–Crippen MR) is 55.6 cm³/mol. The smallest absolute Gasteiger partial charge is 0.0575 e. The molecule has 0 bridgehead atoms. The lowest BCUT2D eigenvalue weighted by atomic mass is 9.98. The molecule has 0 aromatic heterocycles. The van der Waals surface area contributed by atoms with Gasteiger partial charge >= 0.3 is 0 Å². The summed E-state index contributed by atoms with van der Waals surface area (Å²) < 4.78 is 5.74. The van der Waals surface area contributed by atoms with Gasteiger partial charge in [0, 0.05) is 6.54 Å². The molecule has 2 N–H and O–H groups in total. The predicted octanol–water partition coefficient (Wildman–Crippen LogP) is 2.24. The van der Waals surface area contributed by atoms with Gasteiger partial charge < -0.3 is 10.5 Å². The molecule has 0 heterocycles. The number of rotatable bonds is 5. The highest BCUT2D eigenvalue weighted by Gasteiger charge is 2.12. The second-order valence-electron chi connectivity index (χ2n) is 3.63. The SMILES string of the molecule is NC/C=C/CCOC1CCCCC1. The van der Waals surface area contributed by atoms with Crippen molar-refractivity contribution in [3.05, 3.63) is 12.2 Å². The molecular formula is C11H21NO. The van der Waals surface area contributed by atoms with Crippen LogP contribution in [0.4, 0.5) is 0 Å². The number of ether oxygens (including phenoxy) is 1. The summed E-state index contributed by atoms with van der Waals surface area (Å²) in [5.74, 6) is 0. The molecule has 2 heteroatoms. The van der Waals surface area contributed by atoms with Crippen LogP contribution in [0.25, 0.3) is 0 Å². The van der Waals surface area contributed by atoms with Crippen LogP contribution in [0.2, 0.25) is 0 Å². The Balaban J connectivity index is 1.95. The highest BCUT2D eigenvalue weighted by atomic mass is 16.5. The summed E-state index contributed by atoms with van der Waals surface area (Å²) in [5, 5.41) is 0. The molecular weight excluding hydrogens is 162 g/mol. The normalized spacial score (nSPS) is 19.8. The average molecular weight is 183 g/mol. The van der Waals surface area contributed by atoms with E-state index in [1.165, 1.54) is 32.1 Å². The van der Waals surface area contributed by atoms with Gasteiger partial charge in [-0.3, -0.25) is 0 Å². The topological polar surface area (TPSA) is 35.2 Å². The highest BCUT2D eigenvalue weighted by Crippen LogP contribution is 2.20. The van der Waals surface area contributed by atoms with E-state index >= 15 is 0 Å². The van der Waals surface area contributed by atoms with E-state index in [9.17, 15) is 0 Å². The zero-order valence-electron chi connectivity index (χ0n) is 8.37. The Bertz CT molecular complexity index is 139. The van der Waals surface area contributed by atoms with Gasteiger partial charge in [-0.2, -0.15) is 0 Å². The average Bonchev–Trinajstić information content (AvgIpc) is 2.19. The Morgan fingerprint density at radius 3 is 2.62 bits per heavy atom. The van der Waals surface area contributed by atoms with E-state index < -0.39 is 0 Å². The van der Waals surface area contributed by atoms with Crippen LogP contribution in [0.5, 0.6) is 0 Å². The standard InChI is InChI=1S/C11H21NO/c12-9-5-2-6-10-13-11-7-3-1-4-8-11/h2,5,11H,1,3-4,6-10,12H2/b5-2+. The van der Waals surface area contributed by atoms with Gasteiger partial charge in [-0.15, -0.1) is 0 Å². The highest BCUT2D eigenvalue weighted by molar-refractivity contribution is 4.82. The fourth-order valence-electron chi connectivity index (χ4n) is 1.75. The van der Waals surface area contributed by atoms with Crippen LogP contribution >= 0.6 is 0 Å². The molecule has 1 rings (SSSR count). The summed E-state index contributed by atoms with van der Waals surface area (Å²) in [4.78, 5) is 0. The van der Waals surface area contributed by atoms with Gasteiger partial charge in [0.15, 0.2) is 0 Å². The van der Waals surface area contributed by atoms with Gasteiger partial charge in [-0.05, 0) is 19.3 Å². The molecule has 0 unspecified atom stereocenters. The maximum atomic E-state index is 5.74. The monoisotopic (exact) mass is 183 g/mol. The van der Waals surface area contributed by atoms with E-state index in [1.54, 1.807) is 0 Å². The zero-order chi connectivity index (χ0) is 9.36. The van der Waals surface area contributed by atoms with Gasteiger partial charge in [0.1, 0.15) is 0 Å². The molecule has 13 heavy (non-hydrogen) atoms. The lowest BCUT2D eigenvalue weighted by Gasteiger charge is -2.21. The summed E-state index contributed by atoms with van der Waals surface area (Å²) in [6, 6.07) is 0. The molecule has 0 aliphatic heterocycles. The summed E-state index contributed by atoms with van der Waals surface area (Å²) in [7, 11) is 0. The molecule has 1 fully saturated rings. The third-order valence-corrected chi connectivity index (χ3v) is 2.49. The van der Waals surface area contributed by atoms with Gasteiger partial charge in [0.25, 0.3) is 0 Å². The van der Waals surface area contributed by atoms with E-state index in [4.69, 9.17) is 10.5 Å². The fraction of sp³-hybridized carbons (Fsp3) is 0.818. The molecule has 0 radical (unpaired) electrons. The van der Waals surface area contributed by atoms with Crippen LogP contribution in [0.15, 0.2) is 12.2 Å². The summed E-state index contributed by atoms with van der Waals surface area (Å²) in [6.07, 6.45) is 12.3. The maximum absolute atomic E-state index is 5.74. The van der Waals surface area contributed by atoms with Gasteiger partial charge in [0.05, 0.1) is 12.7 Å². The summed E-state index contributed by atoms with van der Waals surface area (Å²) >= 11 is 0. The second-order valence-corrected chi connectivity index (χ2v) is 3.63. The molecule has 1 aliphatic rings. The fourth-order valence-corrected chi connectivity index (χ4v) is 1.75. The molecule has 0 amide bonds. The lowest BCUT2D eigenvalue weighted by molar-refractivity contribution is 0.0312. The molecule has 76 valence electrons. The molecule has 1 saturated carbocycles.